The Morgan fingerprint density at radius 1 is 0.963 bits per heavy atom. The maximum absolute atomic E-state index is 12.3. The average Bonchev–Trinajstić information content (AvgIpc) is 2.68. The Balaban J connectivity index is 2.56. The highest BCUT2D eigenvalue weighted by Crippen LogP contribution is 2.38. The Bertz CT molecular complexity index is 701. The molecule has 1 rings (SSSR count). The predicted molar refractivity (Wildman–Crippen MR) is 97.9 cm³/mol. The van der Waals surface area contributed by atoms with E-state index in [1.165, 1.54) is 33.5 Å². The van der Waals surface area contributed by atoms with Crippen LogP contribution in [0, 0.1) is 12.3 Å². The largest absolute Gasteiger partial charge is 0.493 e. The van der Waals surface area contributed by atoms with Crippen LogP contribution in [-0.4, -0.2) is 58.7 Å². The molecule has 0 aliphatic heterocycles. The minimum absolute atomic E-state index is 0.0915. The molecule has 0 saturated carbocycles. The minimum atomic E-state index is -0.490. The van der Waals surface area contributed by atoms with Crippen molar-refractivity contribution in [3.05, 3.63) is 17.7 Å². The Kier molecular flexibility index (Phi) is 9.02. The fraction of sp³-hybridized carbons (Fsp3) is 0.389. The van der Waals surface area contributed by atoms with Crippen LogP contribution in [0.5, 0.6) is 17.2 Å². The lowest BCUT2D eigenvalue weighted by molar-refractivity contribution is -0.121. The molecule has 9 heteroatoms. The summed E-state index contributed by atoms with van der Waals surface area (Å²) in [6.45, 7) is 0.0222. The predicted octanol–water partition coefficient (Wildman–Crippen LogP) is -0.302. The monoisotopic (exact) mass is 377 g/mol. The Morgan fingerprint density at radius 2 is 1.59 bits per heavy atom. The molecular weight excluding hydrogens is 354 g/mol. The molecule has 0 bridgehead atoms. The lowest BCUT2D eigenvalue weighted by atomic mass is 10.1. The molecule has 1 aromatic rings. The fourth-order valence-corrected chi connectivity index (χ4v) is 2.09. The van der Waals surface area contributed by atoms with Crippen molar-refractivity contribution in [1.29, 1.82) is 0 Å². The standard InChI is InChI=1S/C18H23N3O6/c1-5-7-19-15(22)6-8-20-16(23)11-21-18(24)12-9-13(25-2)17(27-4)14(10-12)26-3/h1,9-10H,6-8,11H2,2-4H3,(H,19,22)(H,20,23)(H,21,24). The number of nitrogens with one attached hydrogen (secondary N) is 3. The molecule has 9 nitrogen and oxygen atoms in total. The molecule has 0 aliphatic carbocycles. The molecule has 0 saturated heterocycles. The number of ether oxygens (including phenoxy) is 3. The number of rotatable bonds is 10. The molecule has 1 aromatic carbocycles. The molecule has 146 valence electrons. The van der Waals surface area contributed by atoms with Crippen molar-refractivity contribution in [1.82, 2.24) is 16.0 Å². The second-order valence-electron chi connectivity index (χ2n) is 5.18. The van der Waals surface area contributed by atoms with Gasteiger partial charge in [0.15, 0.2) is 11.5 Å². The van der Waals surface area contributed by atoms with Crippen LogP contribution in [0.4, 0.5) is 0 Å². The highest BCUT2D eigenvalue weighted by atomic mass is 16.5. The molecule has 3 N–H and O–H groups in total. The maximum atomic E-state index is 12.3. The van der Waals surface area contributed by atoms with E-state index in [9.17, 15) is 14.4 Å². The van der Waals surface area contributed by atoms with Crippen molar-refractivity contribution in [3.63, 3.8) is 0 Å². The van der Waals surface area contributed by atoms with Crippen LogP contribution in [0.25, 0.3) is 0 Å². The van der Waals surface area contributed by atoms with Crippen LogP contribution in [0.15, 0.2) is 12.1 Å². The van der Waals surface area contributed by atoms with Crippen molar-refractivity contribution < 1.29 is 28.6 Å². The summed E-state index contributed by atoms with van der Waals surface area (Å²) in [6.07, 6.45) is 5.12. The molecule has 0 unspecified atom stereocenters. The summed E-state index contributed by atoms with van der Waals surface area (Å²) < 4.78 is 15.6. The number of hydrogen-bond donors (Lipinski definition) is 3. The quantitative estimate of drug-likeness (QED) is 0.482. The summed E-state index contributed by atoms with van der Waals surface area (Å²) in [5.74, 6) is 2.09. The van der Waals surface area contributed by atoms with E-state index in [4.69, 9.17) is 20.6 Å². The van der Waals surface area contributed by atoms with Crippen molar-refractivity contribution >= 4 is 17.7 Å². The van der Waals surface area contributed by atoms with E-state index in [-0.39, 0.29) is 37.5 Å². The van der Waals surface area contributed by atoms with Crippen molar-refractivity contribution in [2.75, 3.05) is 41.0 Å². The van der Waals surface area contributed by atoms with Gasteiger partial charge in [-0.3, -0.25) is 14.4 Å². The number of terminal acetylenes is 1. The average molecular weight is 377 g/mol. The van der Waals surface area contributed by atoms with E-state index >= 15 is 0 Å². The van der Waals surface area contributed by atoms with Gasteiger partial charge >= 0.3 is 0 Å². The third-order valence-electron chi connectivity index (χ3n) is 3.40. The Hall–Kier alpha value is -3.41. The summed E-state index contributed by atoms with van der Waals surface area (Å²) >= 11 is 0. The number of benzene rings is 1. The van der Waals surface area contributed by atoms with E-state index in [1.807, 2.05) is 0 Å². The first-order valence-corrected chi connectivity index (χ1v) is 8.01. The SMILES string of the molecule is C#CCNC(=O)CCNC(=O)CNC(=O)c1cc(OC)c(OC)c(OC)c1. The molecular formula is C18H23N3O6. The molecule has 0 atom stereocenters. The highest BCUT2D eigenvalue weighted by Gasteiger charge is 2.17. The number of carbonyl (C=O) groups excluding carboxylic acids is 3. The van der Waals surface area contributed by atoms with Crippen molar-refractivity contribution in [3.8, 4) is 29.6 Å². The number of methoxy groups -OCH3 is 3. The van der Waals surface area contributed by atoms with Gasteiger partial charge in [-0.05, 0) is 12.1 Å². The number of hydrogen-bond acceptors (Lipinski definition) is 6. The van der Waals surface area contributed by atoms with Crippen LogP contribution in [0.2, 0.25) is 0 Å². The van der Waals surface area contributed by atoms with Crippen LogP contribution in [0.1, 0.15) is 16.8 Å². The van der Waals surface area contributed by atoms with Crippen LogP contribution < -0.4 is 30.2 Å². The van der Waals surface area contributed by atoms with Gasteiger partial charge in [0.05, 0.1) is 34.4 Å². The normalized spacial score (nSPS) is 9.56. The van der Waals surface area contributed by atoms with E-state index in [1.54, 1.807) is 0 Å². The first kappa shape index (κ1) is 21.6. The Labute approximate surface area is 157 Å². The number of carbonyl (C=O) groups is 3. The van der Waals surface area contributed by atoms with Crippen LogP contribution >= 0.6 is 0 Å². The van der Waals surface area contributed by atoms with Crippen LogP contribution in [-0.2, 0) is 9.59 Å². The summed E-state index contributed by atoms with van der Waals surface area (Å²) in [6, 6.07) is 2.95. The summed E-state index contributed by atoms with van der Waals surface area (Å²) in [5, 5.41) is 7.48. The van der Waals surface area contributed by atoms with Crippen LogP contribution in [0.3, 0.4) is 0 Å². The molecule has 3 amide bonds. The zero-order chi connectivity index (χ0) is 20.2. The third kappa shape index (κ3) is 6.78. The summed E-state index contributed by atoms with van der Waals surface area (Å²) in [7, 11) is 4.33. The lowest BCUT2D eigenvalue weighted by Crippen LogP contribution is -2.38. The first-order chi connectivity index (χ1) is 13.0. The second kappa shape index (κ2) is 11.3. The molecule has 0 radical (unpaired) electrons. The van der Waals surface area contributed by atoms with Gasteiger partial charge in [0.2, 0.25) is 17.6 Å². The third-order valence-corrected chi connectivity index (χ3v) is 3.40. The molecule has 0 spiro atoms. The number of amides is 3. The van der Waals surface area contributed by atoms with Crippen molar-refractivity contribution in [2.45, 2.75) is 6.42 Å². The topological polar surface area (TPSA) is 115 Å². The van der Waals surface area contributed by atoms with E-state index in [0.717, 1.165) is 0 Å². The first-order valence-electron chi connectivity index (χ1n) is 8.01. The molecule has 0 aliphatic rings. The molecule has 0 heterocycles. The Morgan fingerprint density at radius 3 is 2.11 bits per heavy atom. The maximum Gasteiger partial charge on any atom is 0.251 e. The van der Waals surface area contributed by atoms with Gasteiger partial charge in [-0.25, -0.2) is 0 Å². The molecule has 0 aromatic heterocycles. The van der Waals surface area contributed by atoms with Gasteiger partial charge in [0.1, 0.15) is 0 Å². The van der Waals surface area contributed by atoms with Gasteiger partial charge in [-0.15, -0.1) is 6.42 Å². The molecule has 27 heavy (non-hydrogen) atoms. The zero-order valence-electron chi connectivity index (χ0n) is 15.5. The summed E-state index contributed by atoms with van der Waals surface area (Å²) in [5.41, 5.74) is 0.242. The lowest BCUT2D eigenvalue weighted by Gasteiger charge is -2.14. The van der Waals surface area contributed by atoms with Gasteiger partial charge in [0, 0.05) is 18.5 Å². The highest BCUT2D eigenvalue weighted by molar-refractivity contribution is 5.97. The smallest absolute Gasteiger partial charge is 0.251 e. The van der Waals surface area contributed by atoms with Crippen molar-refractivity contribution in [2.24, 2.45) is 0 Å². The van der Waals surface area contributed by atoms with E-state index < -0.39 is 11.8 Å². The van der Waals surface area contributed by atoms with Gasteiger partial charge in [-0.2, -0.15) is 0 Å². The summed E-state index contributed by atoms with van der Waals surface area (Å²) in [4.78, 5) is 35.4. The van der Waals surface area contributed by atoms with E-state index in [2.05, 4.69) is 21.9 Å². The zero-order valence-corrected chi connectivity index (χ0v) is 15.5. The van der Waals surface area contributed by atoms with Gasteiger partial charge in [0.25, 0.3) is 5.91 Å². The molecule has 0 fully saturated rings. The van der Waals surface area contributed by atoms with Gasteiger partial charge in [-0.1, -0.05) is 5.92 Å². The second-order valence-corrected chi connectivity index (χ2v) is 5.18. The minimum Gasteiger partial charge on any atom is -0.493 e. The van der Waals surface area contributed by atoms with Gasteiger partial charge < -0.3 is 30.2 Å². The van der Waals surface area contributed by atoms with E-state index in [0.29, 0.717) is 17.2 Å². The fourth-order valence-electron chi connectivity index (χ4n) is 2.09.